The van der Waals surface area contributed by atoms with E-state index in [0.29, 0.717) is 7.11 Å². The van der Waals surface area contributed by atoms with Gasteiger partial charge < -0.3 is 19.8 Å². The van der Waals surface area contributed by atoms with Gasteiger partial charge in [-0.2, -0.15) is 13.2 Å². The molecule has 186 valence electrons. The Labute approximate surface area is 197 Å². The lowest BCUT2D eigenvalue weighted by atomic mass is 10.1. The number of furan rings is 1. The van der Waals surface area contributed by atoms with E-state index in [1.54, 1.807) is 5.32 Å². The van der Waals surface area contributed by atoms with E-state index in [0.717, 1.165) is 42.8 Å². The van der Waals surface area contributed by atoms with E-state index in [-0.39, 0.29) is 21.9 Å². The number of benzene rings is 1. The van der Waals surface area contributed by atoms with Gasteiger partial charge in [-0.3, -0.25) is 14.9 Å². The molecule has 2 aromatic heterocycles. The molecule has 0 bridgehead atoms. The molecule has 0 aliphatic carbocycles. The summed E-state index contributed by atoms with van der Waals surface area (Å²) in [5.41, 5.74) is -4.24. The zero-order valence-corrected chi connectivity index (χ0v) is 18.9. The number of halogens is 3. The predicted molar refractivity (Wildman–Crippen MR) is 111 cm³/mol. The number of non-ortho nitro benzene ring substituents is 1. The highest BCUT2D eigenvalue weighted by atomic mass is 32.2. The van der Waals surface area contributed by atoms with Crippen molar-refractivity contribution in [3.63, 3.8) is 0 Å². The van der Waals surface area contributed by atoms with E-state index in [4.69, 9.17) is 4.42 Å². The molecule has 0 saturated carbocycles. The van der Waals surface area contributed by atoms with Crippen LogP contribution in [0.25, 0.3) is 0 Å². The highest BCUT2D eigenvalue weighted by molar-refractivity contribution is 7.93. The second-order valence-electron chi connectivity index (χ2n) is 6.53. The Hall–Kier alpha value is -3.99. The fourth-order valence-corrected chi connectivity index (χ4v) is 5.14. The molecular formula is C18H13F3N4O8S2. The van der Waals surface area contributed by atoms with Crippen LogP contribution in [0, 0.1) is 10.1 Å². The van der Waals surface area contributed by atoms with Crippen LogP contribution < -0.4 is 10.6 Å². The SMILES string of the molecule is COC(=O)[C@@](NC(=O)c1ccco1)(Nc1ncc(S(=O)(=O)c2ccc([N+](=O)[O-])cc2)s1)C(F)(F)F. The van der Waals surface area contributed by atoms with Crippen molar-refractivity contribution in [1.82, 2.24) is 10.3 Å². The largest absolute Gasteiger partial charge is 0.466 e. The van der Waals surface area contributed by atoms with Gasteiger partial charge in [-0.15, -0.1) is 0 Å². The fraction of sp³-hybridized carbons (Fsp3) is 0.167. The van der Waals surface area contributed by atoms with Crippen molar-refractivity contribution in [2.24, 2.45) is 0 Å². The third-order valence-electron chi connectivity index (χ3n) is 4.36. The highest BCUT2D eigenvalue weighted by Crippen LogP contribution is 2.36. The maximum absolute atomic E-state index is 14.1. The first kappa shape index (κ1) is 25.6. The number of alkyl halides is 3. The number of anilines is 1. The predicted octanol–water partition coefficient (Wildman–Crippen LogP) is 2.75. The minimum Gasteiger partial charge on any atom is -0.466 e. The number of carbonyl (C=O) groups is 2. The fourth-order valence-electron chi connectivity index (χ4n) is 2.65. The summed E-state index contributed by atoms with van der Waals surface area (Å²) in [6, 6.07) is 6.03. The van der Waals surface area contributed by atoms with E-state index < -0.39 is 53.6 Å². The lowest BCUT2D eigenvalue weighted by molar-refractivity contribution is -0.384. The number of nitrogens with one attached hydrogen (secondary N) is 2. The molecular weight excluding hydrogens is 521 g/mol. The van der Waals surface area contributed by atoms with Gasteiger partial charge >= 0.3 is 17.8 Å². The summed E-state index contributed by atoms with van der Waals surface area (Å²) in [4.78, 5) is 37.7. The molecule has 0 unspecified atom stereocenters. The Morgan fingerprint density at radius 2 is 1.86 bits per heavy atom. The van der Waals surface area contributed by atoms with Crippen LogP contribution in [0.2, 0.25) is 0 Å². The Balaban J connectivity index is 1.98. The summed E-state index contributed by atoms with van der Waals surface area (Å²) >= 11 is 0.214. The van der Waals surface area contributed by atoms with Crippen molar-refractivity contribution in [2.45, 2.75) is 20.9 Å². The number of nitro benzene ring substituents is 1. The van der Waals surface area contributed by atoms with Crippen molar-refractivity contribution in [2.75, 3.05) is 12.4 Å². The molecule has 0 aliphatic heterocycles. The number of nitrogens with zero attached hydrogens (tertiary/aromatic N) is 2. The molecule has 0 saturated heterocycles. The molecule has 1 amide bonds. The second-order valence-corrected chi connectivity index (χ2v) is 9.74. The van der Waals surface area contributed by atoms with E-state index >= 15 is 0 Å². The molecule has 1 atom stereocenters. The Bertz CT molecular complexity index is 1360. The maximum atomic E-state index is 14.1. The van der Waals surface area contributed by atoms with Gasteiger partial charge in [0.05, 0.1) is 29.4 Å². The lowest BCUT2D eigenvalue weighted by Crippen LogP contribution is -2.69. The van der Waals surface area contributed by atoms with E-state index in [1.165, 1.54) is 11.4 Å². The summed E-state index contributed by atoms with van der Waals surface area (Å²) in [6.07, 6.45) is -3.76. The third kappa shape index (κ3) is 4.94. The topological polar surface area (TPSA) is 171 Å². The number of carbonyl (C=O) groups excluding carboxylic acids is 2. The van der Waals surface area contributed by atoms with Gasteiger partial charge in [0, 0.05) is 12.1 Å². The molecule has 2 N–H and O–H groups in total. The normalized spacial score (nSPS) is 13.5. The molecule has 17 heteroatoms. The molecule has 0 fully saturated rings. The van der Waals surface area contributed by atoms with Crippen molar-refractivity contribution >= 4 is 43.9 Å². The van der Waals surface area contributed by atoms with Gasteiger partial charge in [-0.25, -0.2) is 18.2 Å². The molecule has 2 heterocycles. The van der Waals surface area contributed by atoms with Crippen molar-refractivity contribution in [1.29, 1.82) is 0 Å². The standard InChI is InChI=1S/C18H13F3N4O8S2/c1-32-15(27)17(18(19,20)21,23-14(26)12-3-2-8-33-12)24-16-22-9-13(34-16)35(30,31)11-6-4-10(5-7-11)25(28)29/h2-9H,1H3,(H,22,24)(H,23,26)/t17-/m1/s1. The molecule has 35 heavy (non-hydrogen) atoms. The van der Waals surface area contributed by atoms with Gasteiger partial charge in [0.15, 0.2) is 10.9 Å². The van der Waals surface area contributed by atoms with Crippen LogP contribution in [-0.2, 0) is 19.4 Å². The molecule has 12 nitrogen and oxygen atoms in total. The lowest BCUT2D eigenvalue weighted by Gasteiger charge is -2.33. The van der Waals surface area contributed by atoms with Crippen LogP contribution in [0.4, 0.5) is 24.0 Å². The monoisotopic (exact) mass is 534 g/mol. The molecule has 0 radical (unpaired) electrons. The van der Waals surface area contributed by atoms with Crippen LogP contribution >= 0.6 is 11.3 Å². The minimum atomic E-state index is -5.49. The molecule has 0 aliphatic rings. The number of methoxy groups -OCH3 is 1. The number of sulfone groups is 1. The summed E-state index contributed by atoms with van der Waals surface area (Å²) < 4.78 is 76.3. The van der Waals surface area contributed by atoms with Crippen LogP contribution in [-0.4, -0.2) is 49.2 Å². The quantitative estimate of drug-likeness (QED) is 0.189. The number of hydrogen-bond acceptors (Lipinski definition) is 11. The smallest absolute Gasteiger partial charge is 0.442 e. The van der Waals surface area contributed by atoms with Gasteiger partial charge in [-0.1, -0.05) is 11.3 Å². The third-order valence-corrected chi connectivity index (χ3v) is 7.51. The van der Waals surface area contributed by atoms with E-state index in [1.807, 2.05) is 0 Å². The summed E-state index contributed by atoms with van der Waals surface area (Å²) in [7, 11) is -3.69. The van der Waals surface area contributed by atoms with Gasteiger partial charge in [-0.05, 0) is 24.3 Å². The van der Waals surface area contributed by atoms with Crippen molar-refractivity contribution in [3.8, 4) is 0 Å². The van der Waals surface area contributed by atoms with Crippen molar-refractivity contribution in [3.05, 3.63) is 64.7 Å². The Kier molecular flexibility index (Phi) is 6.84. The van der Waals surface area contributed by atoms with Crippen molar-refractivity contribution < 1.29 is 45.3 Å². The van der Waals surface area contributed by atoms with Gasteiger partial charge in [0.25, 0.3) is 11.6 Å². The van der Waals surface area contributed by atoms with E-state index in [9.17, 15) is 41.3 Å². The number of ether oxygens (including phenoxy) is 1. The van der Waals surface area contributed by atoms with Gasteiger partial charge in [0.2, 0.25) is 9.84 Å². The number of esters is 1. The number of thiazole rings is 1. The Morgan fingerprint density at radius 3 is 2.37 bits per heavy atom. The Morgan fingerprint density at radius 1 is 1.20 bits per heavy atom. The second kappa shape index (κ2) is 9.34. The summed E-state index contributed by atoms with van der Waals surface area (Å²) in [5.74, 6) is -3.95. The first-order chi connectivity index (χ1) is 16.3. The summed E-state index contributed by atoms with van der Waals surface area (Å²) in [6.45, 7) is 0. The summed E-state index contributed by atoms with van der Waals surface area (Å²) in [5, 5.41) is 13.2. The maximum Gasteiger partial charge on any atom is 0.442 e. The average molecular weight is 534 g/mol. The average Bonchev–Trinajstić information content (AvgIpc) is 3.50. The highest BCUT2D eigenvalue weighted by Gasteiger charge is 2.64. The zero-order chi connectivity index (χ0) is 26.0. The van der Waals surface area contributed by atoms with Gasteiger partial charge in [0.1, 0.15) is 4.21 Å². The van der Waals surface area contributed by atoms with Crippen LogP contribution in [0.1, 0.15) is 10.6 Å². The number of hydrogen-bond donors (Lipinski definition) is 2. The van der Waals surface area contributed by atoms with Crippen LogP contribution in [0.5, 0.6) is 0 Å². The minimum absolute atomic E-state index is 0.214. The van der Waals surface area contributed by atoms with E-state index in [2.05, 4.69) is 9.72 Å². The number of aromatic nitrogens is 1. The zero-order valence-electron chi connectivity index (χ0n) is 17.2. The number of nitro groups is 1. The van der Waals surface area contributed by atoms with Crippen LogP contribution in [0.15, 0.2) is 62.4 Å². The number of rotatable bonds is 8. The molecule has 1 aromatic carbocycles. The molecule has 0 spiro atoms. The molecule has 3 rings (SSSR count). The molecule has 3 aromatic rings. The van der Waals surface area contributed by atoms with Crippen LogP contribution in [0.3, 0.4) is 0 Å². The first-order valence-corrected chi connectivity index (χ1v) is 11.4. The number of amides is 1. The first-order valence-electron chi connectivity index (χ1n) is 9.06.